The van der Waals surface area contributed by atoms with Gasteiger partial charge in [0.15, 0.2) is 6.10 Å². The molecule has 1 atom stereocenters. The molecule has 0 heterocycles. The average Bonchev–Trinajstić information content (AvgIpc) is 3.40. The first-order valence-corrected chi connectivity index (χ1v) is 31.6. The van der Waals surface area contributed by atoms with Crippen LogP contribution in [-0.2, 0) is 28.6 Å². The van der Waals surface area contributed by atoms with Crippen LogP contribution in [0.1, 0.15) is 310 Å². The van der Waals surface area contributed by atoms with Gasteiger partial charge in [-0.3, -0.25) is 14.4 Å². The first-order chi connectivity index (χ1) is 36.5. The van der Waals surface area contributed by atoms with Gasteiger partial charge in [0.25, 0.3) is 0 Å². The molecule has 6 nitrogen and oxygen atoms in total. The predicted molar refractivity (Wildman–Crippen MR) is 321 cm³/mol. The quantitative estimate of drug-likeness (QED) is 0.0261. The van der Waals surface area contributed by atoms with Gasteiger partial charge in [0.05, 0.1) is 0 Å². The first-order valence-electron chi connectivity index (χ1n) is 31.6. The Morgan fingerprint density at radius 2 is 0.527 bits per heavy atom. The molecule has 0 aliphatic heterocycles. The fraction of sp³-hybridized carbons (Fsp3) is 0.750. The molecule has 0 aromatic rings. The molecule has 0 bridgehead atoms. The third-order valence-electron chi connectivity index (χ3n) is 13.6. The Bertz CT molecular complexity index is 1420. The number of carbonyl (C=O) groups is 3. The summed E-state index contributed by atoms with van der Waals surface area (Å²) in [4.78, 5) is 38.3. The lowest BCUT2D eigenvalue weighted by Crippen LogP contribution is -2.30. The first kappa shape index (κ1) is 70.6. The molecule has 0 saturated heterocycles. The van der Waals surface area contributed by atoms with Gasteiger partial charge in [-0.05, 0) is 116 Å². The number of unbranched alkanes of at least 4 members (excludes halogenated alkanes) is 32. The molecule has 74 heavy (non-hydrogen) atoms. The summed E-state index contributed by atoms with van der Waals surface area (Å²) in [7, 11) is 0. The number of rotatable bonds is 57. The Labute approximate surface area is 458 Å². The van der Waals surface area contributed by atoms with Crippen LogP contribution in [0.2, 0.25) is 0 Å². The number of hydrogen-bond acceptors (Lipinski definition) is 6. The van der Waals surface area contributed by atoms with E-state index in [2.05, 4.69) is 106 Å². The van der Waals surface area contributed by atoms with Crippen LogP contribution in [0.5, 0.6) is 0 Å². The van der Waals surface area contributed by atoms with E-state index in [1.165, 1.54) is 167 Å². The SMILES string of the molecule is CC/C=C\C/C=C\C/C=C\C/C=C\CCCCCCCCCCCCC(=O)OCC(COC(=O)CCCCCCC/C=C\CCCCCCCCC)OC(=O)CCCCCCCCC/C=C\C/C=C\CCCCC. The number of carbonyl (C=O) groups excluding carboxylic acids is 3. The molecule has 0 spiro atoms. The van der Waals surface area contributed by atoms with Crippen molar-refractivity contribution in [1.82, 2.24) is 0 Å². The van der Waals surface area contributed by atoms with Gasteiger partial charge in [-0.15, -0.1) is 0 Å². The Morgan fingerprint density at radius 3 is 0.865 bits per heavy atom. The molecular weight excluding hydrogens is 913 g/mol. The molecule has 0 amide bonds. The molecule has 426 valence electrons. The van der Waals surface area contributed by atoms with Crippen molar-refractivity contribution in [3.63, 3.8) is 0 Å². The van der Waals surface area contributed by atoms with Crippen molar-refractivity contribution in [2.45, 2.75) is 316 Å². The van der Waals surface area contributed by atoms with E-state index in [-0.39, 0.29) is 31.1 Å². The molecule has 0 N–H and O–H groups in total. The summed E-state index contributed by atoms with van der Waals surface area (Å²) < 4.78 is 16.9. The van der Waals surface area contributed by atoms with E-state index in [4.69, 9.17) is 14.2 Å². The van der Waals surface area contributed by atoms with Crippen LogP contribution >= 0.6 is 0 Å². The molecule has 0 aliphatic rings. The van der Waals surface area contributed by atoms with E-state index in [9.17, 15) is 14.4 Å². The number of hydrogen-bond donors (Lipinski definition) is 0. The summed E-state index contributed by atoms with van der Waals surface area (Å²) in [5.74, 6) is -0.892. The van der Waals surface area contributed by atoms with Crippen molar-refractivity contribution in [2.24, 2.45) is 0 Å². The second-order valence-corrected chi connectivity index (χ2v) is 20.9. The lowest BCUT2D eigenvalue weighted by molar-refractivity contribution is -0.167. The smallest absolute Gasteiger partial charge is 0.306 e. The predicted octanol–water partition coefficient (Wildman–Crippen LogP) is 21.5. The van der Waals surface area contributed by atoms with Crippen molar-refractivity contribution in [3.05, 3.63) is 85.1 Å². The molecule has 0 rings (SSSR count). The Morgan fingerprint density at radius 1 is 0.284 bits per heavy atom. The van der Waals surface area contributed by atoms with Gasteiger partial charge in [0.1, 0.15) is 13.2 Å². The maximum atomic E-state index is 12.9. The zero-order chi connectivity index (χ0) is 53.6. The van der Waals surface area contributed by atoms with E-state index in [1.807, 2.05) is 0 Å². The minimum Gasteiger partial charge on any atom is -0.462 e. The highest BCUT2D eigenvalue weighted by molar-refractivity contribution is 5.71. The van der Waals surface area contributed by atoms with Crippen LogP contribution in [0, 0.1) is 0 Å². The van der Waals surface area contributed by atoms with Crippen LogP contribution in [0.15, 0.2) is 85.1 Å². The molecule has 0 aromatic heterocycles. The Hall–Kier alpha value is -3.41. The van der Waals surface area contributed by atoms with E-state index < -0.39 is 6.10 Å². The zero-order valence-electron chi connectivity index (χ0n) is 48.8. The van der Waals surface area contributed by atoms with Crippen molar-refractivity contribution in [1.29, 1.82) is 0 Å². The van der Waals surface area contributed by atoms with Crippen molar-refractivity contribution >= 4 is 17.9 Å². The largest absolute Gasteiger partial charge is 0.462 e. The fourth-order valence-corrected chi connectivity index (χ4v) is 8.87. The standard InChI is InChI=1S/C68H118O6/c1-4-7-10-13-16-19-22-25-28-31-32-33-34-35-36-38-40-43-46-49-52-55-58-61-67(70)73-64-65(63-72-66(69)60-57-54-51-48-45-42-39-30-27-24-21-18-15-12-9-6-3)74-68(71)62-59-56-53-50-47-44-41-37-29-26-23-20-17-14-11-8-5-2/h7,10,16-17,19-20,25-26,28-30,32-33,39,65H,4-6,8-9,11-15,18,21-24,27,31,34-38,40-64H2,1-3H3/b10-7-,19-16-,20-17-,28-25-,29-26-,33-32-,39-30-. The third-order valence-corrected chi connectivity index (χ3v) is 13.6. The molecule has 1 unspecified atom stereocenters. The summed E-state index contributed by atoms with van der Waals surface area (Å²) in [6, 6.07) is 0. The van der Waals surface area contributed by atoms with Gasteiger partial charge in [0.2, 0.25) is 0 Å². The highest BCUT2D eigenvalue weighted by atomic mass is 16.6. The average molecular weight is 1030 g/mol. The summed E-state index contributed by atoms with van der Waals surface area (Å²) >= 11 is 0. The van der Waals surface area contributed by atoms with E-state index in [0.717, 1.165) is 103 Å². The van der Waals surface area contributed by atoms with Crippen molar-refractivity contribution in [2.75, 3.05) is 13.2 Å². The third kappa shape index (κ3) is 59.5. The molecule has 0 saturated carbocycles. The second kappa shape index (κ2) is 62.1. The number of esters is 3. The van der Waals surface area contributed by atoms with Gasteiger partial charge >= 0.3 is 17.9 Å². The molecule has 0 radical (unpaired) electrons. The fourth-order valence-electron chi connectivity index (χ4n) is 8.87. The van der Waals surface area contributed by atoms with Crippen LogP contribution in [0.4, 0.5) is 0 Å². The Kier molecular flexibility index (Phi) is 59.3. The second-order valence-electron chi connectivity index (χ2n) is 20.9. The summed E-state index contributed by atoms with van der Waals surface area (Å²) in [5.41, 5.74) is 0. The molecule has 6 heteroatoms. The van der Waals surface area contributed by atoms with Crippen molar-refractivity contribution in [3.8, 4) is 0 Å². The van der Waals surface area contributed by atoms with E-state index in [0.29, 0.717) is 19.3 Å². The summed E-state index contributed by atoms with van der Waals surface area (Å²) in [5, 5.41) is 0. The minimum atomic E-state index is -0.787. The zero-order valence-corrected chi connectivity index (χ0v) is 48.8. The summed E-state index contributed by atoms with van der Waals surface area (Å²) in [6.45, 7) is 6.51. The van der Waals surface area contributed by atoms with E-state index in [1.54, 1.807) is 0 Å². The Balaban J connectivity index is 4.37. The lowest BCUT2D eigenvalue weighted by Gasteiger charge is -2.18. The lowest BCUT2D eigenvalue weighted by atomic mass is 10.1. The topological polar surface area (TPSA) is 78.9 Å². The van der Waals surface area contributed by atoms with E-state index >= 15 is 0 Å². The number of ether oxygens (including phenoxy) is 3. The maximum absolute atomic E-state index is 12.9. The monoisotopic (exact) mass is 1030 g/mol. The molecule has 0 aliphatic carbocycles. The van der Waals surface area contributed by atoms with Gasteiger partial charge in [-0.2, -0.15) is 0 Å². The molecular formula is C68H118O6. The van der Waals surface area contributed by atoms with Crippen LogP contribution < -0.4 is 0 Å². The van der Waals surface area contributed by atoms with Gasteiger partial charge in [0, 0.05) is 19.3 Å². The number of allylic oxidation sites excluding steroid dienone is 14. The summed E-state index contributed by atoms with van der Waals surface area (Å²) in [6.07, 6.45) is 81.5. The van der Waals surface area contributed by atoms with Crippen LogP contribution in [-0.4, -0.2) is 37.2 Å². The van der Waals surface area contributed by atoms with Gasteiger partial charge in [-0.1, -0.05) is 260 Å². The molecule has 0 aromatic carbocycles. The maximum Gasteiger partial charge on any atom is 0.306 e. The highest BCUT2D eigenvalue weighted by Gasteiger charge is 2.19. The van der Waals surface area contributed by atoms with Crippen LogP contribution in [0.25, 0.3) is 0 Å². The highest BCUT2D eigenvalue weighted by Crippen LogP contribution is 2.16. The normalized spacial score (nSPS) is 12.6. The van der Waals surface area contributed by atoms with Crippen molar-refractivity contribution < 1.29 is 28.6 Å². The molecule has 0 fully saturated rings. The minimum absolute atomic E-state index is 0.0836. The van der Waals surface area contributed by atoms with Gasteiger partial charge < -0.3 is 14.2 Å². The van der Waals surface area contributed by atoms with Gasteiger partial charge in [-0.25, -0.2) is 0 Å². The van der Waals surface area contributed by atoms with Crippen LogP contribution in [0.3, 0.4) is 0 Å².